The highest BCUT2D eigenvalue weighted by atomic mass is 79.9. The van der Waals surface area contributed by atoms with Gasteiger partial charge in [0.05, 0.1) is 5.52 Å². The van der Waals surface area contributed by atoms with Crippen molar-refractivity contribution in [3.63, 3.8) is 0 Å². The number of fused-ring (bicyclic) bond motifs is 1. The predicted molar refractivity (Wildman–Crippen MR) is 76.0 cm³/mol. The molecule has 1 heterocycles. The van der Waals surface area contributed by atoms with Crippen LogP contribution in [0.4, 0.5) is 0 Å². The van der Waals surface area contributed by atoms with E-state index in [4.69, 9.17) is 4.74 Å². The van der Waals surface area contributed by atoms with E-state index in [1.165, 1.54) is 0 Å². The van der Waals surface area contributed by atoms with Gasteiger partial charge in [0.2, 0.25) is 0 Å². The number of hydrogen-bond acceptors (Lipinski definition) is 2. The minimum atomic E-state index is 0.814. The van der Waals surface area contributed by atoms with E-state index in [-0.39, 0.29) is 0 Å². The van der Waals surface area contributed by atoms with E-state index in [0.717, 1.165) is 26.9 Å². The Labute approximate surface area is 113 Å². The number of aromatic nitrogens is 1. The normalized spacial score (nSPS) is 10.5. The SMILES string of the molecule is Brc1ccc(Oc2ccnc3ccccc23)cc1. The summed E-state index contributed by atoms with van der Waals surface area (Å²) in [6.45, 7) is 0. The average molecular weight is 300 g/mol. The number of hydrogen-bond donors (Lipinski definition) is 0. The van der Waals surface area contributed by atoms with Crippen molar-refractivity contribution in [1.82, 2.24) is 4.98 Å². The molecule has 3 rings (SSSR count). The fraction of sp³-hybridized carbons (Fsp3) is 0. The molecule has 0 atom stereocenters. The molecule has 0 unspecified atom stereocenters. The fourth-order valence-electron chi connectivity index (χ4n) is 1.79. The second-order valence-corrected chi connectivity index (χ2v) is 4.80. The molecule has 1 aromatic heterocycles. The number of nitrogens with zero attached hydrogens (tertiary/aromatic N) is 1. The third kappa shape index (κ3) is 2.22. The Bertz CT molecular complexity index is 674. The average Bonchev–Trinajstić information content (AvgIpc) is 2.42. The molecule has 88 valence electrons. The van der Waals surface area contributed by atoms with E-state index in [1.807, 2.05) is 54.6 Å². The molecule has 3 heteroatoms. The van der Waals surface area contributed by atoms with Gasteiger partial charge in [-0.1, -0.05) is 28.1 Å². The smallest absolute Gasteiger partial charge is 0.138 e. The highest BCUT2D eigenvalue weighted by molar-refractivity contribution is 9.10. The Balaban J connectivity index is 2.02. The first-order valence-corrected chi connectivity index (χ1v) is 6.39. The molecule has 0 saturated carbocycles. The molecular formula is C15H10BrNO. The summed E-state index contributed by atoms with van der Waals surface area (Å²) in [5.41, 5.74) is 0.937. The monoisotopic (exact) mass is 299 g/mol. The summed E-state index contributed by atoms with van der Waals surface area (Å²) >= 11 is 3.41. The van der Waals surface area contributed by atoms with E-state index >= 15 is 0 Å². The molecule has 3 aromatic rings. The third-order valence-corrected chi connectivity index (χ3v) is 3.18. The van der Waals surface area contributed by atoms with Gasteiger partial charge in [0.1, 0.15) is 11.5 Å². The number of rotatable bonds is 2. The fourth-order valence-corrected chi connectivity index (χ4v) is 2.05. The third-order valence-electron chi connectivity index (χ3n) is 2.65. The first-order valence-electron chi connectivity index (χ1n) is 5.60. The second-order valence-electron chi connectivity index (χ2n) is 3.88. The standard InChI is InChI=1S/C15H10BrNO/c16-11-5-7-12(8-6-11)18-15-9-10-17-14-4-2-1-3-13(14)15/h1-10H. The molecule has 0 aliphatic carbocycles. The van der Waals surface area contributed by atoms with Gasteiger partial charge in [0.15, 0.2) is 0 Å². The molecule has 0 radical (unpaired) electrons. The van der Waals surface area contributed by atoms with E-state index in [2.05, 4.69) is 20.9 Å². The van der Waals surface area contributed by atoms with Gasteiger partial charge in [0.25, 0.3) is 0 Å². The van der Waals surface area contributed by atoms with Crippen LogP contribution in [-0.4, -0.2) is 4.98 Å². The summed E-state index contributed by atoms with van der Waals surface area (Å²) in [5.74, 6) is 1.64. The van der Waals surface area contributed by atoms with Crippen LogP contribution < -0.4 is 4.74 Å². The van der Waals surface area contributed by atoms with Gasteiger partial charge in [-0.3, -0.25) is 4.98 Å². The minimum absolute atomic E-state index is 0.814. The lowest BCUT2D eigenvalue weighted by Gasteiger charge is -2.08. The molecular weight excluding hydrogens is 290 g/mol. The van der Waals surface area contributed by atoms with Gasteiger partial charge in [-0.15, -0.1) is 0 Å². The van der Waals surface area contributed by atoms with Gasteiger partial charge in [-0.2, -0.15) is 0 Å². The maximum absolute atomic E-state index is 5.89. The van der Waals surface area contributed by atoms with Gasteiger partial charge in [-0.25, -0.2) is 0 Å². The summed E-state index contributed by atoms with van der Waals surface area (Å²) in [6, 6.07) is 17.6. The summed E-state index contributed by atoms with van der Waals surface area (Å²) in [5, 5.41) is 1.02. The van der Waals surface area contributed by atoms with Crippen LogP contribution in [0, 0.1) is 0 Å². The lowest BCUT2D eigenvalue weighted by molar-refractivity contribution is 0.488. The van der Waals surface area contributed by atoms with Crippen molar-refractivity contribution in [3.8, 4) is 11.5 Å². The number of para-hydroxylation sites is 1. The summed E-state index contributed by atoms with van der Waals surface area (Å²) < 4.78 is 6.92. The van der Waals surface area contributed by atoms with Crippen LogP contribution in [0.3, 0.4) is 0 Å². The maximum Gasteiger partial charge on any atom is 0.138 e. The van der Waals surface area contributed by atoms with Crippen LogP contribution in [0.2, 0.25) is 0 Å². The summed E-state index contributed by atoms with van der Waals surface area (Å²) in [4.78, 5) is 4.31. The first-order chi connectivity index (χ1) is 8.83. The largest absolute Gasteiger partial charge is 0.457 e. The molecule has 2 aromatic carbocycles. The van der Waals surface area contributed by atoms with E-state index < -0.39 is 0 Å². The van der Waals surface area contributed by atoms with Crippen LogP contribution in [-0.2, 0) is 0 Å². The Morgan fingerprint density at radius 3 is 2.50 bits per heavy atom. The highest BCUT2D eigenvalue weighted by Gasteiger charge is 2.03. The number of ether oxygens (including phenoxy) is 1. The first kappa shape index (κ1) is 11.2. The van der Waals surface area contributed by atoms with Gasteiger partial charge in [-0.05, 0) is 42.5 Å². The van der Waals surface area contributed by atoms with Crippen molar-refractivity contribution in [2.45, 2.75) is 0 Å². The van der Waals surface area contributed by atoms with Crippen molar-refractivity contribution < 1.29 is 4.74 Å². The molecule has 0 aliphatic rings. The quantitative estimate of drug-likeness (QED) is 0.679. The van der Waals surface area contributed by atoms with Crippen LogP contribution in [0.1, 0.15) is 0 Å². The molecule has 0 amide bonds. The number of benzene rings is 2. The van der Waals surface area contributed by atoms with Crippen LogP contribution in [0.5, 0.6) is 11.5 Å². The van der Waals surface area contributed by atoms with Gasteiger partial charge >= 0.3 is 0 Å². The maximum atomic E-state index is 5.89. The molecule has 0 aliphatic heterocycles. The molecule has 0 saturated heterocycles. The molecule has 0 N–H and O–H groups in total. The number of pyridine rings is 1. The molecule has 0 bridgehead atoms. The van der Waals surface area contributed by atoms with E-state index in [1.54, 1.807) is 6.20 Å². The second kappa shape index (κ2) is 4.78. The van der Waals surface area contributed by atoms with Crippen molar-refractivity contribution in [1.29, 1.82) is 0 Å². The van der Waals surface area contributed by atoms with E-state index in [0.29, 0.717) is 0 Å². The van der Waals surface area contributed by atoms with Crippen molar-refractivity contribution in [3.05, 3.63) is 65.3 Å². The Kier molecular flexibility index (Phi) is 2.99. The van der Waals surface area contributed by atoms with Crippen molar-refractivity contribution in [2.75, 3.05) is 0 Å². The Hall–Kier alpha value is -1.87. The topological polar surface area (TPSA) is 22.1 Å². The lowest BCUT2D eigenvalue weighted by atomic mass is 10.2. The molecule has 2 nitrogen and oxygen atoms in total. The zero-order valence-electron chi connectivity index (χ0n) is 9.51. The van der Waals surface area contributed by atoms with Crippen LogP contribution >= 0.6 is 15.9 Å². The highest BCUT2D eigenvalue weighted by Crippen LogP contribution is 2.29. The molecule has 0 fully saturated rings. The van der Waals surface area contributed by atoms with Gasteiger partial charge in [0, 0.05) is 16.1 Å². The Morgan fingerprint density at radius 2 is 1.67 bits per heavy atom. The molecule has 0 spiro atoms. The van der Waals surface area contributed by atoms with Crippen molar-refractivity contribution in [2.24, 2.45) is 0 Å². The van der Waals surface area contributed by atoms with Gasteiger partial charge < -0.3 is 4.74 Å². The van der Waals surface area contributed by atoms with Crippen LogP contribution in [0.15, 0.2) is 65.3 Å². The lowest BCUT2D eigenvalue weighted by Crippen LogP contribution is -1.87. The Morgan fingerprint density at radius 1 is 0.889 bits per heavy atom. The van der Waals surface area contributed by atoms with E-state index in [9.17, 15) is 0 Å². The summed E-state index contributed by atoms with van der Waals surface area (Å²) in [6.07, 6.45) is 1.76. The zero-order chi connectivity index (χ0) is 12.4. The minimum Gasteiger partial charge on any atom is -0.457 e. The summed E-state index contributed by atoms with van der Waals surface area (Å²) in [7, 11) is 0. The zero-order valence-corrected chi connectivity index (χ0v) is 11.1. The van der Waals surface area contributed by atoms with Crippen LogP contribution in [0.25, 0.3) is 10.9 Å². The molecule has 18 heavy (non-hydrogen) atoms. The number of halogens is 1. The van der Waals surface area contributed by atoms with Crippen molar-refractivity contribution >= 4 is 26.8 Å². The predicted octanol–water partition coefficient (Wildman–Crippen LogP) is 4.79.